The highest BCUT2D eigenvalue weighted by Crippen LogP contribution is 2.24. The lowest BCUT2D eigenvalue weighted by molar-refractivity contribution is 0.0304. The summed E-state index contributed by atoms with van der Waals surface area (Å²) < 4.78 is 5.58. The standard InChI is InChI=1S/C14H28O2/c1-3-4-5-10-14(2,15)11-6-8-13-9-7-12-16-13/h13,15H,3-12H2,1-2H3. The van der Waals surface area contributed by atoms with Crippen molar-refractivity contribution < 1.29 is 9.84 Å². The topological polar surface area (TPSA) is 29.5 Å². The van der Waals surface area contributed by atoms with Crippen molar-refractivity contribution in [3.8, 4) is 0 Å². The average Bonchev–Trinajstić information content (AvgIpc) is 2.70. The van der Waals surface area contributed by atoms with Crippen molar-refractivity contribution in [2.75, 3.05) is 6.61 Å². The Morgan fingerprint density at radius 3 is 2.62 bits per heavy atom. The Labute approximate surface area is 100 Å². The van der Waals surface area contributed by atoms with Gasteiger partial charge in [-0.05, 0) is 45.4 Å². The first kappa shape index (κ1) is 14.0. The van der Waals surface area contributed by atoms with Crippen molar-refractivity contribution in [2.45, 2.75) is 83.3 Å². The van der Waals surface area contributed by atoms with Gasteiger partial charge in [-0.25, -0.2) is 0 Å². The van der Waals surface area contributed by atoms with Crippen LogP contribution >= 0.6 is 0 Å². The van der Waals surface area contributed by atoms with E-state index in [1.54, 1.807) is 0 Å². The Morgan fingerprint density at radius 2 is 2.00 bits per heavy atom. The van der Waals surface area contributed by atoms with Crippen LogP contribution in [0.3, 0.4) is 0 Å². The monoisotopic (exact) mass is 228 g/mol. The number of aliphatic hydroxyl groups is 1. The minimum atomic E-state index is -0.451. The molecule has 1 heterocycles. The summed E-state index contributed by atoms with van der Waals surface area (Å²) in [6.07, 6.45) is 10.6. The third-order valence-electron chi connectivity index (χ3n) is 3.58. The summed E-state index contributed by atoms with van der Waals surface area (Å²) in [5.74, 6) is 0. The van der Waals surface area contributed by atoms with Crippen molar-refractivity contribution in [3.05, 3.63) is 0 Å². The van der Waals surface area contributed by atoms with E-state index >= 15 is 0 Å². The summed E-state index contributed by atoms with van der Waals surface area (Å²) in [6, 6.07) is 0. The Kier molecular flexibility index (Phi) is 6.37. The highest BCUT2D eigenvalue weighted by atomic mass is 16.5. The van der Waals surface area contributed by atoms with Gasteiger partial charge in [-0.2, -0.15) is 0 Å². The van der Waals surface area contributed by atoms with E-state index in [1.807, 2.05) is 6.92 Å². The van der Waals surface area contributed by atoms with Crippen LogP contribution in [0.5, 0.6) is 0 Å². The normalized spacial score (nSPS) is 24.6. The quantitative estimate of drug-likeness (QED) is 0.642. The second kappa shape index (κ2) is 7.29. The second-order valence-electron chi connectivity index (χ2n) is 5.48. The molecule has 16 heavy (non-hydrogen) atoms. The SMILES string of the molecule is CCCCCC(C)(O)CCCC1CCCO1. The zero-order valence-electron chi connectivity index (χ0n) is 11.0. The fraction of sp³-hybridized carbons (Fsp3) is 1.00. The molecule has 0 saturated carbocycles. The van der Waals surface area contributed by atoms with Crippen molar-refractivity contribution in [2.24, 2.45) is 0 Å². The van der Waals surface area contributed by atoms with Crippen LogP contribution in [0.4, 0.5) is 0 Å². The molecular weight excluding hydrogens is 200 g/mol. The molecule has 1 saturated heterocycles. The van der Waals surface area contributed by atoms with Crippen molar-refractivity contribution in [3.63, 3.8) is 0 Å². The lowest BCUT2D eigenvalue weighted by Crippen LogP contribution is -2.24. The fourth-order valence-electron chi connectivity index (χ4n) is 2.46. The summed E-state index contributed by atoms with van der Waals surface area (Å²) in [7, 11) is 0. The first-order valence-electron chi connectivity index (χ1n) is 6.98. The van der Waals surface area contributed by atoms with Crippen LogP contribution in [-0.4, -0.2) is 23.4 Å². The molecule has 0 aliphatic carbocycles. The molecule has 0 amide bonds. The van der Waals surface area contributed by atoms with E-state index in [0.29, 0.717) is 6.10 Å². The van der Waals surface area contributed by atoms with Gasteiger partial charge in [-0.3, -0.25) is 0 Å². The van der Waals surface area contributed by atoms with Crippen LogP contribution in [0, 0.1) is 0 Å². The third-order valence-corrected chi connectivity index (χ3v) is 3.58. The summed E-state index contributed by atoms with van der Waals surface area (Å²) in [4.78, 5) is 0. The molecule has 96 valence electrons. The summed E-state index contributed by atoms with van der Waals surface area (Å²) in [5, 5.41) is 10.2. The largest absolute Gasteiger partial charge is 0.390 e. The van der Waals surface area contributed by atoms with E-state index in [4.69, 9.17) is 4.74 Å². The van der Waals surface area contributed by atoms with Crippen molar-refractivity contribution in [1.82, 2.24) is 0 Å². The second-order valence-corrected chi connectivity index (χ2v) is 5.48. The Balaban J connectivity index is 2.04. The molecule has 0 aromatic rings. The third kappa shape index (κ3) is 5.86. The van der Waals surface area contributed by atoms with Gasteiger partial charge >= 0.3 is 0 Å². The minimum Gasteiger partial charge on any atom is -0.390 e. The molecule has 2 unspecified atom stereocenters. The molecule has 0 aromatic carbocycles. The van der Waals surface area contributed by atoms with E-state index in [0.717, 1.165) is 38.7 Å². The van der Waals surface area contributed by atoms with Gasteiger partial charge in [-0.15, -0.1) is 0 Å². The van der Waals surface area contributed by atoms with E-state index < -0.39 is 5.60 Å². The van der Waals surface area contributed by atoms with Gasteiger partial charge in [0.1, 0.15) is 0 Å². The van der Waals surface area contributed by atoms with Gasteiger partial charge in [0.05, 0.1) is 11.7 Å². The maximum atomic E-state index is 10.2. The highest BCUT2D eigenvalue weighted by molar-refractivity contribution is 4.74. The predicted octanol–water partition coefficient (Wildman–Crippen LogP) is 3.67. The van der Waals surface area contributed by atoms with Crippen LogP contribution in [0.1, 0.15) is 71.6 Å². The van der Waals surface area contributed by atoms with Gasteiger partial charge in [-0.1, -0.05) is 26.2 Å². The van der Waals surface area contributed by atoms with Crippen LogP contribution in [-0.2, 0) is 4.74 Å². The number of ether oxygens (including phenoxy) is 1. The molecule has 1 aliphatic rings. The van der Waals surface area contributed by atoms with Gasteiger partial charge in [0.15, 0.2) is 0 Å². The molecule has 2 atom stereocenters. The summed E-state index contributed by atoms with van der Waals surface area (Å²) in [5.41, 5.74) is -0.451. The van der Waals surface area contributed by atoms with Gasteiger partial charge < -0.3 is 9.84 Å². The summed E-state index contributed by atoms with van der Waals surface area (Å²) >= 11 is 0. The molecule has 0 aromatic heterocycles. The fourth-order valence-corrected chi connectivity index (χ4v) is 2.46. The number of hydrogen-bond acceptors (Lipinski definition) is 2. The molecule has 2 nitrogen and oxygen atoms in total. The Morgan fingerprint density at radius 1 is 1.25 bits per heavy atom. The number of rotatable bonds is 8. The van der Waals surface area contributed by atoms with Gasteiger partial charge in [0.2, 0.25) is 0 Å². The average molecular weight is 228 g/mol. The molecule has 1 N–H and O–H groups in total. The van der Waals surface area contributed by atoms with Crippen molar-refractivity contribution >= 4 is 0 Å². The highest BCUT2D eigenvalue weighted by Gasteiger charge is 2.21. The van der Waals surface area contributed by atoms with Gasteiger partial charge in [0.25, 0.3) is 0 Å². The molecule has 1 fully saturated rings. The van der Waals surface area contributed by atoms with Crippen LogP contribution in [0.15, 0.2) is 0 Å². The zero-order chi connectivity index (χ0) is 11.9. The van der Waals surface area contributed by atoms with E-state index in [1.165, 1.54) is 25.7 Å². The van der Waals surface area contributed by atoms with Crippen molar-refractivity contribution in [1.29, 1.82) is 0 Å². The molecule has 0 bridgehead atoms. The first-order chi connectivity index (χ1) is 7.64. The van der Waals surface area contributed by atoms with Gasteiger partial charge in [0, 0.05) is 6.61 Å². The maximum Gasteiger partial charge on any atom is 0.0619 e. The molecule has 1 rings (SSSR count). The smallest absolute Gasteiger partial charge is 0.0619 e. The molecule has 0 radical (unpaired) electrons. The Hall–Kier alpha value is -0.0800. The maximum absolute atomic E-state index is 10.2. The molecular formula is C14H28O2. The van der Waals surface area contributed by atoms with Crippen LogP contribution in [0.2, 0.25) is 0 Å². The van der Waals surface area contributed by atoms with E-state index in [-0.39, 0.29) is 0 Å². The molecule has 0 spiro atoms. The predicted molar refractivity (Wildman–Crippen MR) is 67.6 cm³/mol. The van der Waals surface area contributed by atoms with Crippen LogP contribution < -0.4 is 0 Å². The zero-order valence-corrected chi connectivity index (χ0v) is 11.0. The lowest BCUT2D eigenvalue weighted by atomic mass is 9.91. The summed E-state index contributed by atoms with van der Waals surface area (Å²) in [6.45, 7) is 5.13. The number of unbranched alkanes of at least 4 members (excludes halogenated alkanes) is 2. The minimum absolute atomic E-state index is 0.451. The van der Waals surface area contributed by atoms with E-state index in [9.17, 15) is 5.11 Å². The first-order valence-corrected chi connectivity index (χ1v) is 6.98. The number of hydrogen-bond donors (Lipinski definition) is 1. The lowest BCUT2D eigenvalue weighted by Gasteiger charge is -2.23. The van der Waals surface area contributed by atoms with E-state index in [2.05, 4.69) is 6.92 Å². The Bertz CT molecular complexity index is 172. The molecule has 2 heteroatoms. The van der Waals surface area contributed by atoms with Crippen LogP contribution in [0.25, 0.3) is 0 Å². The molecule has 1 aliphatic heterocycles.